The fourth-order valence-electron chi connectivity index (χ4n) is 2.40. The fourth-order valence-corrected chi connectivity index (χ4v) is 2.40. The number of hydrogen-bond donors (Lipinski definition) is 0. The molecule has 0 amide bonds. The van der Waals surface area contributed by atoms with Crippen molar-refractivity contribution in [2.24, 2.45) is 12.0 Å². The van der Waals surface area contributed by atoms with E-state index in [2.05, 4.69) is 71.4 Å². The Morgan fingerprint density at radius 2 is 1.86 bits per heavy atom. The maximum absolute atomic E-state index is 4.49. The zero-order valence-electron chi connectivity index (χ0n) is 12.1. The molecule has 0 aliphatic rings. The summed E-state index contributed by atoms with van der Waals surface area (Å²) in [6.07, 6.45) is 8.21. The molecule has 104 valence electrons. The molecule has 2 nitrogen and oxygen atoms in total. The monoisotopic (exact) mass is 274 g/mol. The van der Waals surface area contributed by atoms with Gasteiger partial charge < -0.3 is 4.57 Å². The molecule has 1 heterocycles. The molecule has 2 heteroatoms. The molecule has 0 spiro atoms. The van der Waals surface area contributed by atoms with Crippen LogP contribution in [-0.2, 0) is 7.05 Å². The van der Waals surface area contributed by atoms with Crippen molar-refractivity contribution in [1.82, 2.24) is 4.57 Å². The van der Waals surface area contributed by atoms with Gasteiger partial charge in [-0.1, -0.05) is 54.6 Å². The maximum atomic E-state index is 4.49. The molecule has 0 radical (unpaired) electrons. The van der Waals surface area contributed by atoms with E-state index < -0.39 is 0 Å². The maximum Gasteiger partial charge on any atom is 0.0573 e. The predicted molar refractivity (Wildman–Crippen MR) is 90.9 cm³/mol. The highest BCUT2D eigenvalue weighted by molar-refractivity contribution is 5.98. The highest BCUT2D eigenvalue weighted by Crippen LogP contribution is 2.17. The highest BCUT2D eigenvalue weighted by atomic mass is 14.9. The molecule has 0 N–H and O–H groups in total. The lowest BCUT2D eigenvalue weighted by molar-refractivity contribution is 0.969. The molecule has 0 saturated heterocycles. The van der Waals surface area contributed by atoms with Crippen LogP contribution in [0.2, 0.25) is 0 Å². The molecule has 0 bridgehead atoms. The van der Waals surface area contributed by atoms with Crippen LogP contribution < -0.4 is 0 Å². The van der Waals surface area contributed by atoms with Crippen LogP contribution in [0.1, 0.15) is 11.1 Å². The van der Waals surface area contributed by atoms with Gasteiger partial charge in [-0.25, -0.2) is 0 Å². The summed E-state index contributed by atoms with van der Waals surface area (Å²) in [5.41, 5.74) is 3.61. The van der Waals surface area contributed by atoms with Gasteiger partial charge in [-0.15, -0.1) is 0 Å². The molecule has 1 aromatic heterocycles. The molecule has 0 saturated carbocycles. The van der Waals surface area contributed by atoms with E-state index in [-0.39, 0.29) is 0 Å². The normalized spacial score (nSPS) is 11.9. The minimum Gasteiger partial charge on any atom is -0.351 e. The number of nitrogens with zero attached hydrogens (tertiary/aromatic N) is 2. The van der Waals surface area contributed by atoms with Crippen molar-refractivity contribution in [1.29, 1.82) is 0 Å². The Morgan fingerprint density at radius 3 is 2.71 bits per heavy atom. The van der Waals surface area contributed by atoms with E-state index in [1.165, 1.54) is 22.0 Å². The average molecular weight is 274 g/mol. The standard InChI is InChI=1S/C19H18N2/c1-21-14-12-18-17(10-5-11-19(18)21)15-20-13-6-9-16-7-3-2-4-8-16/h2-12,14-15H,13H2,1H3/b9-6+,20-15?. The van der Waals surface area contributed by atoms with E-state index >= 15 is 0 Å². The number of aromatic nitrogens is 1. The summed E-state index contributed by atoms with van der Waals surface area (Å²) in [7, 11) is 2.06. The molecule has 2 aromatic carbocycles. The first-order valence-corrected chi connectivity index (χ1v) is 7.10. The summed E-state index contributed by atoms with van der Waals surface area (Å²) >= 11 is 0. The van der Waals surface area contributed by atoms with Gasteiger partial charge in [0.1, 0.15) is 0 Å². The second-order valence-corrected chi connectivity index (χ2v) is 5.01. The number of aliphatic imine (C=N–C) groups is 1. The van der Waals surface area contributed by atoms with Crippen molar-refractivity contribution in [2.45, 2.75) is 0 Å². The summed E-state index contributed by atoms with van der Waals surface area (Å²) in [5.74, 6) is 0. The zero-order valence-corrected chi connectivity index (χ0v) is 12.1. The number of hydrogen-bond acceptors (Lipinski definition) is 1. The van der Waals surface area contributed by atoms with Gasteiger partial charge >= 0.3 is 0 Å². The van der Waals surface area contributed by atoms with Gasteiger partial charge in [-0.3, -0.25) is 4.99 Å². The van der Waals surface area contributed by atoms with Gasteiger partial charge in [-0.2, -0.15) is 0 Å². The van der Waals surface area contributed by atoms with Crippen molar-refractivity contribution in [2.75, 3.05) is 6.54 Å². The third-order valence-corrected chi connectivity index (χ3v) is 3.51. The van der Waals surface area contributed by atoms with Gasteiger partial charge in [0.15, 0.2) is 0 Å². The summed E-state index contributed by atoms with van der Waals surface area (Å²) < 4.78 is 2.13. The van der Waals surface area contributed by atoms with Gasteiger partial charge in [-0.05, 0) is 17.7 Å². The highest BCUT2D eigenvalue weighted by Gasteiger charge is 2.00. The molecule has 0 unspecified atom stereocenters. The van der Waals surface area contributed by atoms with Gasteiger partial charge in [0.05, 0.1) is 6.54 Å². The quantitative estimate of drug-likeness (QED) is 0.631. The lowest BCUT2D eigenvalue weighted by atomic mass is 10.1. The summed E-state index contributed by atoms with van der Waals surface area (Å²) in [6.45, 7) is 0.693. The van der Waals surface area contributed by atoms with E-state index in [1.807, 2.05) is 24.4 Å². The van der Waals surface area contributed by atoms with Crippen LogP contribution in [0, 0.1) is 0 Å². The molecule has 0 fully saturated rings. The predicted octanol–water partition coefficient (Wildman–Crippen LogP) is 4.31. The number of rotatable bonds is 4. The van der Waals surface area contributed by atoms with Crippen LogP contribution in [0.15, 0.2) is 71.9 Å². The van der Waals surface area contributed by atoms with E-state index in [0.717, 1.165) is 0 Å². The molecule has 0 aliphatic carbocycles. The third kappa shape index (κ3) is 3.11. The van der Waals surface area contributed by atoms with Crippen molar-refractivity contribution >= 4 is 23.2 Å². The Hall–Kier alpha value is -2.61. The van der Waals surface area contributed by atoms with Crippen LogP contribution in [0.5, 0.6) is 0 Å². The first kappa shape index (κ1) is 13.4. The molecule has 3 aromatic rings. The summed E-state index contributed by atoms with van der Waals surface area (Å²) in [5, 5.41) is 1.25. The number of benzene rings is 2. The number of fused-ring (bicyclic) bond motifs is 1. The second kappa shape index (κ2) is 6.23. The molecular weight excluding hydrogens is 256 g/mol. The molecule has 3 rings (SSSR count). The Bertz CT molecular complexity index is 780. The van der Waals surface area contributed by atoms with E-state index in [1.54, 1.807) is 0 Å². The lowest BCUT2D eigenvalue weighted by Crippen LogP contribution is -1.87. The summed E-state index contributed by atoms with van der Waals surface area (Å²) in [4.78, 5) is 4.49. The van der Waals surface area contributed by atoms with Crippen LogP contribution in [-0.4, -0.2) is 17.3 Å². The Labute approximate surface area is 125 Å². The second-order valence-electron chi connectivity index (χ2n) is 5.01. The van der Waals surface area contributed by atoms with Gasteiger partial charge in [0, 0.05) is 35.9 Å². The van der Waals surface area contributed by atoms with Crippen LogP contribution >= 0.6 is 0 Å². The van der Waals surface area contributed by atoms with E-state index in [0.29, 0.717) is 6.54 Å². The van der Waals surface area contributed by atoms with Gasteiger partial charge in [0.25, 0.3) is 0 Å². The minimum absolute atomic E-state index is 0.693. The van der Waals surface area contributed by atoms with Crippen molar-refractivity contribution in [3.8, 4) is 0 Å². The Kier molecular flexibility index (Phi) is 3.97. The van der Waals surface area contributed by atoms with Crippen molar-refractivity contribution in [3.05, 3.63) is 78.0 Å². The smallest absolute Gasteiger partial charge is 0.0573 e. The SMILES string of the molecule is Cn1ccc2c(C=NC/C=C/c3ccccc3)cccc21. The minimum atomic E-state index is 0.693. The molecule has 0 aliphatic heterocycles. The first-order chi connectivity index (χ1) is 10.3. The van der Waals surface area contributed by atoms with Crippen molar-refractivity contribution in [3.63, 3.8) is 0 Å². The summed E-state index contributed by atoms with van der Waals surface area (Å²) in [6, 6.07) is 18.7. The lowest BCUT2D eigenvalue weighted by Gasteiger charge is -1.98. The van der Waals surface area contributed by atoms with Crippen molar-refractivity contribution < 1.29 is 0 Å². The van der Waals surface area contributed by atoms with Gasteiger partial charge in [0.2, 0.25) is 0 Å². The largest absolute Gasteiger partial charge is 0.351 e. The molecule has 0 atom stereocenters. The number of aryl methyl sites for hydroxylation is 1. The topological polar surface area (TPSA) is 17.3 Å². The Morgan fingerprint density at radius 1 is 1.00 bits per heavy atom. The molecular formula is C19H18N2. The molecule has 21 heavy (non-hydrogen) atoms. The average Bonchev–Trinajstić information content (AvgIpc) is 2.90. The van der Waals surface area contributed by atoms with Crippen LogP contribution in [0.25, 0.3) is 17.0 Å². The van der Waals surface area contributed by atoms with Crippen LogP contribution in [0.3, 0.4) is 0 Å². The third-order valence-electron chi connectivity index (χ3n) is 3.51. The fraction of sp³-hybridized carbons (Fsp3) is 0.105. The van der Waals surface area contributed by atoms with E-state index in [9.17, 15) is 0 Å². The zero-order chi connectivity index (χ0) is 14.5. The van der Waals surface area contributed by atoms with E-state index in [4.69, 9.17) is 0 Å². The first-order valence-electron chi connectivity index (χ1n) is 7.10. The van der Waals surface area contributed by atoms with Crippen LogP contribution in [0.4, 0.5) is 0 Å². The Balaban J connectivity index is 1.70.